The number of hydrogen-bond acceptors (Lipinski definition) is 3. The van der Waals surface area contributed by atoms with E-state index in [0.29, 0.717) is 5.56 Å². The van der Waals surface area contributed by atoms with Crippen LogP contribution in [0.5, 0.6) is 0 Å². The van der Waals surface area contributed by atoms with Gasteiger partial charge in [0.25, 0.3) is 0 Å². The Balaban J connectivity index is 2.36. The molecule has 0 saturated carbocycles. The molecule has 0 bridgehead atoms. The molecule has 3 nitrogen and oxygen atoms in total. The first-order chi connectivity index (χ1) is 8.76. The van der Waals surface area contributed by atoms with Crippen LogP contribution in [0.15, 0.2) is 42.7 Å². The van der Waals surface area contributed by atoms with E-state index in [9.17, 15) is 4.39 Å². The Kier molecular flexibility index (Phi) is 4.02. The number of nitrogens with two attached hydrogens (primary N) is 1. The Hall–Kier alpha value is -1.78. The van der Waals surface area contributed by atoms with Gasteiger partial charge in [0, 0.05) is 11.8 Å². The molecule has 0 radical (unpaired) electrons. The van der Waals surface area contributed by atoms with Crippen molar-refractivity contribution in [3.63, 3.8) is 0 Å². The zero-order valence-corrected chi connectivity index (χ0v) is 10.2. The van der Waals surface area contributed by atoms with Gasteiger partial charge in [-0.15, -0.1) is 0 Å². The van der Waals surface area contributed by atoms with Gasteiger partial charge in [0.15, 0.2) is 0 Å². The number of hydrogen-bond donors (Lipinski definition) is 2. The number of nitrogens with one attached hydrogen (secondary N) is 1. The Morgan fingerprint density at radius 2 is 2.00 bits per heavy atom. The third-order valence-corrected chi connectivity index (χ3v) is 3.00. The van der Waals surface area contributed by atoms with E-state index in [0.717, 1.165) is 12.0 Å². The molecule has 0 fully saturated rings. The number of aryl methyl sites for hydroxylation is 1. The van der Waals surface area contributed by atoms with Crippen LogP contribution in [0.25, 0.3) is 0 Å². The van der Waals surface area contributed by atoms with Gasteiger partial charge in [0.1, 0.15) is 5.82 Å². The van der Waals surface area contributed by atoms with E-state index in [1.165, 1.54) is 11.8 Å². The SMILES string of the molecule is CCc1ccc(C(NN)c2ccncc2F)cc1. The van der Waals surface area contributed by atoms with Crippen LogP contribution in [0.2, 0.25) is 0 Å². The van der Waals surface area contributed by atoms with Crippen molar-refractivity contribution in [1.29, 1.82) is 0 Å². The summed E-state index contributed by atoms with van der Waals surface area (Å²) >= 11 is 0. The number of pyridine rings is 1. The minimum atomic E-state index is -0.362. The van der Waals surface area contributed by atoms with E-state index >= 15 is 0 Å². The van der Waals surface area contributed by atoms with Gasteiger partial charge >= 0.3 is 0 Å². The molecular formula is C14H16FN3. The first-order valence-electron chi connectivity index (χ1n) is 5.90. The van der Waals surface area contributed by atoms with Gasteiger partial charge in [-0.3, -0.25) is 10.8 Å². The molecule has 1 aromatic carbocycles. The van der Waals surface area contributed by atoms with E-state index in [2.05, 4.69) is 17.3 Å². The zero-order chi connectivity index (χ0) is 13.0. The molecule has 3 N–H and O–H groups in total. The molecule has 0 aliphatic carbocycles. The highest BCUT2D eigenvalue weighted by atomic mass is 19.1. The van der Waals surface area contributed by atoms with Gasteiger partial charge in [-0.1, -0.05) is 31.2 Å². The Labute approximate surface area is 106 Å². The van der Waals surface area contributed by atoms with Gasteiger partial charge in [-0.05, 0) is 23.6 Å². The van der Waals surface area contributed by atoms with E-state index in [4.69, 9.17) is 5.84 Å². The van der Waals surface area contributed by atoms with Crippen LogP contribution < -0.4 is 11.3 Å². The molecule has 2 aromatic rings. The Morgan fingerprint density at radius 3 is 2.56 bits per heavy atom. The van der Waals surface area contributed by atoms with Gasteiger partial charge < -0.3 is 0 Å². The van der Waals surface area contributed by atoms with Gasteiger partial charge in [0.2, 0.25) is 0 Å². The largest absolute Gasteiger partial charge is 0.271 e. The summed E-state index contributed by atoms with van der Waals surface area (Å²) < 4.78 is 13.7. The second-order valence-corrected chi connectivity index (χ2v) is 4.09. The summed E-state index contributed by atoms with van der Waals surface area (Å²) in [7, 11) is 0. The van der Waals surface area contributed by atoms with Crippen molar-refractivity contribution in [2.24, 2.45) is 5.84 Å². The number of hydrazine groups is 1. The summed E-state index contributed by atoms with van der Waals surface area (Å²) in [5.41, 5.74) is 5.31. The third-order valence-electron chi connectivity index (χ3n) is 3.00. The van der Waals surface area contributed by atoms with Crippen molar-refractivity contribution in [2.75, 3.05) is 0 Å². The fourth-order valence-electron chi connectivity index (χ4n) is 1.93. The molecule has 0 aliphatic heterocycles. The molecule has 94 valence electrons. The quantitative estimate of drug-likeness (QED) is 0.642. The standard InChI is InChI=1S/C14H16FN3/c1-2-10-3-5-11(6-4-10)14(18-16)12-7-8-17-9-13(12)15/h3-9,14,18H,2,16H2,1H3. The van der Waals surface area contributed by atoms with Crippen LogP contribution in [0.4, 0.5) is 4.39 Å². The maximum absolute atomic E-state index is 13.7. The Morgan fingerprint density at radius 1 is 1.28 bits per heavy atom. The van der Waals surface area contributed by atoms with E-state index < -0.39 is 0 Å². The minimum absolute atomic E-state index is 0.361. The average Bonchev–Trinajstić information content (AvgIpc) is 2.42. The molecule has 2 rings (SSSR count). The molecule has 0 amide bonds. The zero-order valence-electron chi connectivity index (χ0n) is 10.2. The van der Waals surface area contributed by atoms with Crippen molar-refractivity contribution >= 4 is 0 Å². The monoisotopic (exact) mass is 245 g/mol. The third kappa shape index (κ3) is 2.55. The highest BCUT2D eigenvalue weighted by molar-refractivity contribution is 5.33. The van der Waals surface area contributed by atoms with E-state index in [1.807, 2.05) is 24.3 Å². The lowest BCUT2D eigenvalue weighted by Crippen LogP contribution is -2.29. The predicted molar refractivity (Wildman–Crippen MR) is 69.2 cm³/mol. The lowest BCUT2D eigenvalue weighted by Gasteiger charge is -2.17. The summed E-state index contributed by atoms with van der Waals surface area (Å²) in [6.45, 7) is 2.09. The molecule has 0 aliphatic rings. The molecule has 0 spiro atoms. The molecular weight excluding hydrogens is 229 g/mol. The van der Waals surface area contributed by atoms with Gasteiger partial charge in [-0.2, -0.15) is 0 Å². The lowest BCUT2D eigenvalue weighted by atomic mass is 9.98. The summed E-state index contributed by atoms with van der Waals surface area (Å²) in [5, 5.41) is 0. The summed E-state index contributed by atoms with van der Waals surface area (Å²) in [6, 6.07) is 9.25. The van der Waals surface area contributed by atoms with Crippen LogP contribution in [-0.2, 0) is 6.42 Å². The average molecular weight is 245 g/mol. The van der Waals surface area contributed by atoms with Crippen molar-refractivity contribution in [1.82, 2.24) is 10.4 Å². The molecule has 1 aromatic heterocycles. The molecule has 1 unspecified atom stereocenters. The minimum Gasteiger partial charge on any atom is -0.271 e. The topological polar surface area (TPSA) is 50.9 Å². The highest BCUT2D eigenvalue weighted by Crippen LogP contribution is 2.23. The number of nitrogens with zero attached hydrogens (tertiary/aromatic N) is 1. The normalized spacial score (nSPS) is 12.4. The molecule has 1 heterocycles. The second kappa shape index (κ2) is 5.71. The highest BCUT2D eigenvalue weighted by Gasteiger charge is 2.16. The summed E-state index contributed by atoms with van der Waals surface area (Å²) in [5.74, 6) is 5.18. The second-order valence-electron chi connectivity index (χ2n) is 4.09. The number of halogens is 1. The molecule has 1 atom stereocenters. The number of benzene rings is 1. The fourth-order valence-corrected chi connectivity index (χ4v) is 1.93. The van der Waals surface area contributed by atoms with E-state index in [1.54, 1.807) is 12.3 Å². The maximum atomic E-state index is 13.7. The van der Waals surface area contributed by atoms with Gasteiger partial charge in [0.05, 0.1) is 12.2 Å². The first-order valence-corrected chi connectivity index (χ1v) is 5.90. The molecule has 4 heteroatoms. The van der Waals surface area contributed by atoms with Crippen molar-refractivity contribution in [3.05, 3.63) is 65.2 Å². The van der Waals surface area contributed by atoms with Crippen LogP contribution >= 0.6 is 0 Å². The van der Waals surface area contributed by atoms with Crippen LogP contribution in [0, 0.1) is 5.82 Å². The van der Waals surface area contributed by atoms with Crippen LogP contribution in [0.3, 0.4) is 0 Å². The summed E-state index contributed by atoms with van der Waals surface area (Å²) in [6.07, 6.45) is 3.73. The number of aromatic nitrogens is 1. The predicted octanol–water partition coefficient (Wildman–Crippen LogP) is 2.34. The van der Waals surface area contributed by atoms with Crippen LogP contribution in [0.1, 0.15) is 29.7 Å². The molecule has 0 saturated heterocycles. The summed E-state index contributed by atoms with van der Waals surface area (Å²) in [4.78, 5) is 3.74. The van der Waals surface area contributed by atoms with Crippen molar-refractivity contribution in [2.45, 2.75) is 19.4 Å². The number of rotatable bonds is 4. The van der Waals surface area contributed by atoms with Gasteiger partial charge in [-0.25, -0.2) is 9.82 Å². The molecule has 18 heavy (non-hydrogen) atoms. The van der Waals surface area contributed by atoms with Crippen molar-refractivity contribution in [3.8, 4) is 0 Å². The first kappa shape index (κ1) is 12.7. The fraction of sp³-hybridized carbons (Fsp3) is 0.214. The van der Waals surface area contributed by atoms with E-state index in [-0.39, 0.29) is 11.9 Å². The maximum Gasteiger partial charge on any atom is 0.146 e. The Bertz CT molecular complexity index is 511. The van der Waals surface area contributed by atoms with Crippen molar-refractivity contribution < 1.29 is 4.39 Å². The van der Waals surface area contributed by atoms with Crippen LogP contribution in [-0.4, -0.2) is 4.98 Å². The lowest BCUT2D eigenvalue weighted by molar-refractivity contribution is 0.555. The smallest absolute Gasteiger partial charge is 0.146 e.